The topological polar surface area (TPSA) is 94.9 Å². The molecule has 0 bridgehead atoms. The molecule has 0 amide bonds. The monoisotopic (exact) mass is 407 g/mol. The van der Waals surface area contributed by atoms with Crippen LogP contribution >= 0.6 is 0 Å². The lowest BCUT2D eigenvalue weighted by molar-refractivity contribution is -0.135. The van der Waals surface area contributed by atoms with Crippen LogP contribution in [0.25, 0.3) is 12.2 Å². The fraction of sp³-hybridized carbons (Fsp3) is 0.174. The van der Waals surface area contributed by atoms with Gasteiger partial charge in [-0.3, -0.25) is 0 Å². The third kappa shape index (κ3) is 5.97. The van der Waals surface area contributed by atoms with Crippen molar-refractivity contribution in [3.63, 3.8) is 0 Å². The molecule has 0 radical (unpaired) electrons. The Morgan fingerprint density at radius 2 is 1.83 bits per heavy atom. The van der Waals surface area contributed by atoms with Crippen molar-refractivity contribution in [3.05, 3.63) is 65.2 Å². The molecular formula is C23H21NO6. The summed E-state index contributed by atoms with van der Waals surface area (Å²) < 4.78 is 20.7. The van der Waals surface area contributed by atoms with Crippen LogP contribution in [-0.2, 0) is 14.3 Å². The van der Waals surface area contributed by atoms with Crippen LogP contribution in [-0.4, -0.2) is 32.8 Å². The van der Waals surface area contributed by atoms with E-state index in [1.54, 1.807) is 18.2 Å². The quantitative estimate of drug-likeness (QED) is 0.284. The SMILES string of the molecule is CCOc1ccccc1/C=C/C(=O)Oc1ccc(/C=C(\C#N)C(=O)OC)cc1OC. The number of nitriles is 1. The maximum atomic E-state index is 12.2. The van der Waals surface area contributed by atoms with E-state index in [0.717, 1.165) is 5.56 Å². The molecule has 0 spiro atoms. The van der Waals surface area contributed by atoms with Crippen molar-refractivity contribution in [2.75, 3.05) is 20.8 Å². The molecular weight excluding hydrogens is 386 g/mol. The van der Waals surface area contributed by atoms with Gasteiger partial charge in [-0.2, -0.15) is 5.26 Å². The minimum atomic E-state index is -0.746. The van der Waals surface area contributed by atoms with Gasteiger partial charge in [-0.25, -0.2) is 9.59 Å². The van der Waals surface area contributed by atoms with E-state index in [4.69, 9.17) is 19.5 Å². The van der Waals surface area contributed by atoms with Crippen molar-refractivity contribution in [2.24, 2.45) is 0 Å². The molecule has 0 saturated heterocycles. The van der Waals surface area contributed by atoms with Crippen molar-refractivity contribution < 1.29 is 28.5 Å². The average Bonchev–Trinajstić information content (AvgIpc) is 2.77. The minimum absolute atomic E-state index is 0.166. The van der Waals surface area contributed by atoms with Crippen molar-refractivity contribution >= 4 is 24.1 Å². The summed E-state index contributed by atoms with van der Waals surface area (Å²) in [6.07, 6.45) is 4.24. The summed E-state index contributed by atoms with van der Waals surface area (Å²) in [6.45, 7) is 2.39. The third-order valence-corrected chi connectivity index (χ3v) is 3.85. The highest BCUT2D eigenvalue weighted by molar-refractivity contribution is 5.98. The molecule has 2 aromatic rings. The summed E-state index contributed by atoms with van der Waals surface area (Å²) in [6, 6.07) is 13.7. The van der Waals surface area contributed by atoms with Crippen molar-refractivity contribution in [1.29, 1.82) is 5.26 Å². The number of benzene rings is 2. The molecule has 0 saturated carbocycles. The minimum Gasteiger partial charge on any atom is -0.493 e. The van der Waals surface area contributed by atoms with Crippen molar-refractivity contribution in [3.8, 4) is 23.3 Å². The molecule has 2 aromatic carbocycles. The maximum absolute atomic E-state index is 12.2. The standard InChI is InChI=1S/C23H21NO6/c1-4-29-19-8-6-5-7-17(19)10-12-22(25)30-20-11-9-16(14-21(20)27-2)13-18(15-24)23(26)28-3/h5-14H,4H2,1-3H3/b12-10+,18-13+. The number of ether oxygens (including phenoxy) is 4. The van der Waals surface area contributed by atoms with E-state index in [1.165, 1.54) is 38.5 Å². The van der Waals surface area contributed by atoms with E-state index >= 15 is 0 Å². The number of carbonyl (C=O) groups excluding carboxylic acids is 2. The average molecular weight is 407 g/mol. The van der Waals surface area contributed by atoms with Crippen LogP contribution in [0.15, 0.2) is 54.1 Å². The summed E-state index contributed by atoms with van der Waals surface area (Å²) >= 11 is 0. The van der Waals surface area contributed by atoms with Crippen LogP contribution in [0, 0.1) is 11.3 Å². The van der Waals surface area contributed by atoms with Crippen LogP contribution in [0.4, 0.5) is 0 Å². The number of rotatable bonds is 8. The summed E-state index contributed by atoms with van der Waals surface area (Å²) in [5.41, 5.74) is 1.09. The molecule has 2 rings (SSSR count). The van der Waals surface area contributed by atoms with E-state index in [-0.39, 0.29) is 17.1 Å². The molecule has 0 aliphatic rings. The van der Waals surface area contributed by atoms with Gasteiger partial charge in [0.05, 0.1) is 20.8 Å². The second-order valence-corrected chi connectivity index (χ2v) is 5.80. The lowest BCUT2D eigenvalue weighted by Gasteiger charge is -2.09. The first kappa shape index (κ1) is 22.2. The highest BCUT2D eigenvalue weighted by Crippen LogP contribution is 2.29. The second kappa shape index (κ2) is 11.1. The Kier molecular flexibility index (Phi) is 8.21. The highest BCUT2D eigenvalue weighted by Gasteiger charge is 2.12. The van der Waals surface area contributed by atoms with Gasteiger partial charge in [0, 0.05) is 11.6 Å². The van der Waals surface area contributed by atoms with Crippen LogP contribution in [0.3, 0.4) is 0 Å². The predicted molar refractivity (Wildman–Crippen MR) is 111 cm³/mol. The van der Waals surface area contributed by atoms with Gasteiger partial charge in [0.25, 0.3) is 0 Å². The number of para-hydroxylation sites is 1. The summed E-state index contributed by atoms with van der Waals surface area (Å²) in [4.78, 5) is 23.8. The fourth-order valence-electron chi connectivity index (χ4n) is 2.48. The molecule has 0 N–H and O–H groups in total. The van der Waals surface area contributed by atoms with Crippen LogP contribution < -0.4 is 14.2 Å². The highest BCUT2D eigenvalue weighted by atomic mass is 16.6. The Morgan fingerprint density at radius 1 is 1.07 bits per heavy atom. The number of methoxy groups -OCH3 is 2. The molecule has 0 heterocycles. The third-order valence-electron chi connectivity index (χ3n) is 3.85. The normalized spacial score (nSPS) is 10.9. The van der Waals surface area contributed by atoms with Crippen LogP contribution in [0.2, 0.25) is 0 Å². The Bertz CT molecular complexity index is 1020. The van der Waals surface area contributed by atoms with E-state index < -0.39 is 11.9 Å². The lowest BCUT2D eigenvalue weighted by Crippen LogP contribution is -2.05. The zero-order valence-corrected chi connectivity index (χ0v) is 16.9. The van der Waals surface area contributed by atoms with E-state index in [0.29, 0.717) is 17.9 Å². The lowest BCUT2D eigenvalue weighted by atomic mass is 10.1. The number of esters is 2. The van der Waals surface area contributed by atoms with Gasteiger partial charge in [-0.15, -0.1) is 0 Å². The molecule has 0 atom stereocenters. The molecule has 154 valence electrons. The largest absolute Gasteiger partial charge is 0.493 e. The van der Waals surface area contributed by atoms with Gasteiger partial charge in [0.1, 0.15) is 17.4 Å². The van der Waals surface area contributed by atoms with Gasteiger partial charge in [0.15, 0.2) is 11.5 Å². The molecule has 7 heteroatoms. The van der Waals surface area contributed by atoms with Crippen LogP contribution in [0.1, 0.15) is 18.1 Å². The fourth-order valence-corrected chi connectivity index (χ4v) is 2.48. The van der Waals surface area contributed by atoms with Crippen molar-refractivity contribution in [1.82, 2.24) is 0 Å². The van der Waals surface area contributed by atoms with Gasteiger partial charge in [-0.05, 0) is 42.8 Å². The zero-order chi connectivity index (χ0) is 21.9. The first-order valence-corrected chi connectivity index (χ1v) is 9.02. The Balaban J connectivity index is 2.19. The smallest absolute Gasteiger partial charge is 0.348 e. The van der Waals surface area contributed by atoms with Crippen LogP contribution in [0.5, 0.6) is 17.2 Å². The first-order valence-electron chi connectivity index (χ1n) is 9.02. The summed E-state index contributed by atoms with van der Waals surface area (Å²) in [5.74, 6) is -0.224. The molecule has 30 heavy (non-hydrogen) atoms. The summed E-state index contributed by atoms with van der Waals surface area (Å²) in [7, 11) is 2.61. The number of hydrogen-bond acceptors (Lipinski definition) is 7. The number of carbonyl (C=O) groups is 2. The zero-order valence-electron chi connectivity index (χ0n) is 16.9. The molecule has 0 fully saturated rings. The van der Waals surface area contributed by atoms with Gasteiger partial charge >= 0.3 is 11.9 Å². The second-order valence-electron chi connectivity index (χ2n) is 5.80. The Hall–Kier alpha value is -4.05. The Labute approximate surface area is 174 Å². The Morgan fingerprint density at radius 3 is 2.50 bits per heavy atom. The molecule has 0 aliphatic carbocycles. The summed E-state index contributed by atoms with van der Waals surface area (Å²) in [5, 5.41) is 9.06. The molecule has 0 unspecified atom stereocenters. The van der Waals surface area contributed by atoms with E-state index in [2.05, 4.69) is 4.74 Å². The van der Waals surface area contributed by atoms with Crippen molar-refractivity contribution in [2.45, 2.75) is 6.92 Å². The molecule has 0 aromatic heterocycles. The first-order chi connectivity index (χ1) is 14.5. The maximum Gasteiger partial charge on any atom is 0.348 e. The van der Waals surface area contributed by atoms with E-state index in [1.807, 2.05) is 31.2 Å². The molecule has 0 aliphatic heterocycles. The van der Waals surface area contributed by atoms with Gasteiger partial charge in [0.2, 0.25) is 0 Å². The van der Waals surface area contributed by atoms with Gasteiger partial charge < -0.3 is 18.9 Å². The predicted octanol–water partition coefficient (Wildman–Crippen LogP) is 3.79. The van der Waals surface area contributed by atoms with E-state index in [9.17, 15) is 9.59 Å². The number of hydrogen-bond donors (Lipinski definition) is 0. The van der Waals surface area contributed by atoms with Gasteiger partial charge in [-0.1, -0.05) is 24.3 Å². The number of nitrogens with zero attached hydrogens (tertiary/aromatic N) is 1. The molecule has 7 nitrogen and oxygen atoms in total.